The lowest BCUT2D eigenvalue weighted by atomic mass is 10.2. The lowest BCUT2D eigenvalue weighted by Crippen LogP contribution is -2.10. The summed E-state index contributed by atoms with van der Waals surface area (Å²) in [5.41, 5.74) is 0.0156. The van der Waals surface area contributed by atoms with Crippen LogP contribution < -0.4 is 5.32 Å². The van der Waals surface area contributed by atoms with Gasteiger partial charge >= 0.3 is 6.09 Å². The number of aromatic nitrogens is 1. The van der Waals surface area contributed by atoms with Crippen molar-refractivity contribution in [2.24, 2.45) is 0 Å². The zero-order chi connectivity index (χ0) is 14.3. The minimum Gasteiger partial charge on any atom is -0.465 e. The molecule has 0 saturated heterocycles. The Morgan fingerprint density at radius 1 is 1.53 bits per heavy atom. The van der Waals surface area contributed by atoms with E-state index in [0.29, 0.717) is 19.3 Å². The van der Waals surface area contributed by atoms with Crippen molar-refractivity contribution in [2.45, 2.75) is 19.3 Å². The van der Waals surface area contributed by atoms with E-state index in [2.05, 4.69) is 16.8 Å². The minimum atomic E-state index is -1.34. The molecule has 0 aliphatic heterocycles. The van der Waals surface area contributed by atoms with E-state index in [1.165, 1.54) is 0 Å². The summed E-state index contributed by atoms with van der Waals surface area (Å²) >= 11 is 5.52. The summed E-state index contributed by atoms with van der Waals surface area (Å²) in [4.78, 5) is 14.2. The molecule has 1 aromatic heterocycles. The Hall–Kier alpha value is -1.84. The number of nitrogens with zero attached hydrogens (tertiary/aromatic N) is 1. The summed E-state index contributed by atoms with van der Waals surface area (Å²) in [7, 11) is 0. The van der Waals surface area contributed by atoms with Gasteiger partial charge in [0.25, 0.3) is 0 Å². The van der Waals surface area contributed by atoms with Crippen molar-refractivity contribution in [3.05, 3.63) is 22.7 Å². The van der Waals surface area contributed by atoms with Crippen LogP contribution in [0.5, 0.6) is 0 Å². The predicted molar refractivity (Wildman–Crippen MR) is 68.7 cm³/mol. The number of halogens is 2. The molecule has 7 heteroatoms. The Morgan fingerprint density at radius 3 is 2.89 bits per heavy atom. The molecule has 0 bridgehead atoms. The first kappa shape index (κ1) is 15.2. The Bertz CT molecular complexity index is 526. The van der Waals surface area contributed by atoms with Crippen LogP contribution in [0.2, 0.25) is 5.15 Å². The zero-order valence-corrected chi connectivity index (χ0v) is 10.7. The number of hydrogen-bond donors (Lipinski definition) is 3. The average Bonchev–Trinajstić information content (AvgIpc) is 2.34. The highest BCUT2D eigenvalue weighted by molar-refractivity contribution is 6.29. The van der Waals surface area contributed by atoms with Gasteiger partial charge in [-0.15, -0.1) is 0 Å². The van der Waals surface area contributed by atoms with Gasteiger partial charge in [0.15, 0.2) is 11.0 Å². The number of amides is 1. The van der Waals surface area contributed by atoms with Crippen molar-refractivity contribution in [1.29, 1.82) is 0 Å². The number of hydrogen-bond acceptors (Lipinski definition) is 3. The molecule has 0 unspecified atom stereocenters. The molecule has 5 nitrogen and oxygen atoms in total. The molecule has 1 aromatic rings. The molecule has 0 fully saturated rings. The van der Waals surface area contributed by atoms with Crippen LogP contribution in [0.25, 0.3) is 0 Å². The molecule has 19 heavy (non-hydrogen) atoms. The van der Waals surface area contributed by atoms with E-state index in [4.69, 9.17) is 21.8 Å². The lowest BCUT2D eigenvalue weighted by molar-refractivity contribution is 0.209. The van der Waals surface area contributed by atoms with Gasteiger partial charge in [-0.1, -0.05) is 17.5 Å². The Balaban J connectivity index is 2.90. The zero-order valence-electron chi connectivity index (χ0n) is 9.91. The second kappa shape index (κ2) is 7.56. The summed E-state index contributed by atoms with van der Waals surface area (Å²) in [6, 6.07) is 0.932. The molecule has 1 heterocycles. The highest BCUT2D eigenvalue weighted by atomic mass is 35.5. The van der Waals surface area contributed by atoms with E-state index < -0.39 is 11.9 Å². The van der Waals surface area contributed by atoms with E-state index >= 15 is 0 Å². The van der Waals surface area contributed by atoms with Crippen LogP contribution in [0.4, 0.5) is 14.9 Å². The Labute approximate surface area is 114 Å². The third kappa shape index (κ3) is 5.12. The molecule has 0 spiro atoms. The van der Waals surface area contributed by atoms with Crippen LogP contribution in [0.15, 0.2) is 6.07 Å². The van der Waals surface area contributed by atoms with Gasteiger partial charge in [0.05, 0.1) is 5.69 Å². The second-order valence-electron chi connectivity index (χ2n) is 3.57. The highest BCUT2D eigenvalue weighted by Gasteiger charge is 2.10. The van der Waals surface area contributed by atoms with E-state index in [9.17, 15) is 9.18 Å². The molecule has 1 amide bonds. The van der Waals surface area contributed by atoms with Gasteiger partial charge in [0.2, 0.25) is 0 Å². The number of aliphatic hydroxyl groups excluding tert-OH is 1. The third-order valence-corrected chi connectivity index (χ3v) is 2.36. The summed E-state index contributed by atoms with van der Waals surface area (Å²) in [5.74, 6) is 4.56. The maximum Gasteiger partial charge on any atom is 0.409 e. The van der Waals surface area contributed by atoms with Gasteiger partial charge in [-0.25, -0.2) is 14.2 Å². The Kier molecular flexibility index (Phi) is 6.06. The van der Waals surface area contributed by atoms with Gasteiger partial charge in [-0.05, 0) is 18.8 Å². The maximum atomic E-state index is 13.2. The summed E-state index contributed by atoms with van der Waals surface area (Å²) in [6.07, 6.45) is 0.517. The van der Waals surface area contributed by atoms with Crippen LogP contribution in [0.1, 0.15) is 25.0 Å². The molecule has 0 aromatic carbocycles. The van der Waals surface area contributed by atoms with Crippen molar-refractivity contribution < 1.29 is 19.4 Å². The number of rotatable bonds is 4. The fourth-order valence-electron chi connectivity index (χ4n) is 1.24. The minimum absolute atomic E-state index is 0.0518. The molecule has 0 atom stereocenters. The van der Waals surface area contributed by atoms with Crippen molar-refractivity contribution in [2.75, 3.05) is 11.9 Å². The molecule has 1 rings (SSSR count). The van der Waals surface area contributed by atoms with Crippen molar-refractivity contribution in [3.63, 3.8) is 0 Å². The molecule has 0 aliphatic carbocycles. The molecular weight excluding hydrogens is 275 g/mol. The number of pyridine rings is 1. The first-order valence-corrected chi connectivity index (χ1v) is 5.88. The van der Waals surface area contributed by atoms with Gasteiger partial charge < -0.3 is 10.2 Å². The van der Waals surface area contributed by atoms with Crippen LogP contribution in [-0.2, 0) is 0 Å². The highest BCUT2D eigenvalue weighted by Crippen LogP contribution is 2.20. The SMILES string of the molecule is O=C(O)Nc1cc(F)c(Cl)nc1C#CCCCCO. The van der Waals surface area contributed by atoms with Crippen LogP contribution in [-0.4, -0.2) is 27.9 Å². The fourth-order valence-corrected chi connectivity index (χ4v) is 1.38. The van der Waals surface area contributed by atoms with Crippen LogP contribution in [0, 0.1) is 17.7 Å². The monoisotopic (exact) mass is 286 g/mol. The number of carbonyl (C=O) groups is 1. The molecule has 0 radical (unpaired) electrons. The number of unbranched alkanes of at least 4 members (excludes halogenated alkanes) is 2. The van der Waals surface area contributed by atoms with Gasteiger partial charge in [-0.3, -0.25) is 5.32 Å². The normalized spacial score (nSPS) is 9.63. The summed E-state index contributed by atoms with van der Waals surface area (Å²) < 4.78 is 13.2. The van der Waals surface area contributed by atoms with E-state index in [1.54, 1.807) is 0 Å². The quantitative estimate of drug-likeness (QED) is 0.451. The third-order valence-electron chi connectivity index (χ3n) is 2.09. The lowest BCUT2D eigenvalue weighted by Gasteiger charge is -2.04. The molecule has 0 saturated carbocycles. The maximum absolute atomic E-state index is 13.2. The first-order chi connectivity index (χ1) is 9.04. The number of anilines is 1. The largest absolute Gasteiger partial charge is 0.465 e. The van der Waals surface area contributed by atoms with E-state index in [-0.39, 0.29) is 23.1 Å². The molecule has 0 aliphatic rings. The first-order valence-electron chi connectivity index (χ1n) is 5.50. The molecule has 102 valence electrons. The summed E-state index contributed by atoms with van der Waals surface area (Å²) in [6.45, 7) is 0.0914. The van der Waals surface area contributed by atoms with Crippen molar-refractivity contribution in [1.82, 2.24) is 4.98 Å². The average molecular weight is 287 g/mol. The van der Waals surface area contributed by atoms with Crippen molar-refractivity contribution >= 4 is 23.4 Å². The topological polar surface area (TPSA) is 82.5 Å². The van der Waals surface area contributed by atoms with Crippen LogP contribution >= 0.6 is 11.6 Å². The smallest absolute Gasteiger partial charge is 0.409 e. The van der Waals surface area contributed by atoms with Crippen molar-refractivity contribution in [3.8, 4) is 11.8 Å². The predicted octanol–water partition coefficient (Wildman–Crippen LogP) is 2.48. The summed E-state index contributed by atoms with van der Waals surface area (Å²) in [5, 5.41) is 18.9. The fraction of sp³-hybridized carbons (Fsp3) is 0.333. The van der Waals surface area contributed by atoms with Gasteiger partial charge in [0, 0.05) is 19.1 Å². The van der Waals surface area contributed by atoms with E-state index in [0.717, 1.165) is 6.07 Å². The number of nitrogens with one attached hydrogen (secondary N) is 1. The Morgan fingerprint density at radius 2 is 2.26 bits per heavy atom. The van der Waals surface area contributed by atoms with Crippen LogP contribution in [0.3, 0.4) is 0 Å². The molecular formula is C12H12ClFN2O3. The van der Waals surface area contributed by atoms with Gasteiger partial charge in [-0.2, -0.15) is 0 Å². The number of aliphatic hydroxyl groups is 1. The number of carboxylic acid groups (broad SMARTS) is 1. The van der Waals surface area contributed by atoms with Gasteiger partial charge in [0.1, 0.15) is 5.69 Å². The van der Waals surface area contributed by atoms with E-state index in [1.807, 2.05) is 5.32 Å². The standard InChI is InChI=1S/C12H12ClFN2O3/c13-11-8(14)7-10(16-12(18)19)9(15-11)5-3-1-2-4-6-17/h7,16-17H,1-2,4,6H2,(H,18,19). The molecule has 3 N–H and O–H groups in total. The second-order valence-corrected chi connectivity index (χ2v) is 3.93.